The summed E-state index contributed by atoms with van der Waals surface area (Å²) in [6.45, 7) is 9.30. The van der Waals surface area contributed by atoms with E-state index in [-0.39, 0.29) is 97.6 Å². The fraction of sp³-hybridized carbons (Fsp3) is 0.700. The van der Waals surface area contributed by atoms with Crippen molar-refractivity contribution in [2.24, 2.45) is 5.92 Å². The molecule has 6 heterocycles. The monoisotopic (exact) mass is 1130 g/mol. The third-order valence-corrected chi connectivity index (χ3v) is 14.9. The molecule has 2 aliphatic heterocycles. The minimum absolute atomic E-state index is 0. The van der Waals surface area contributed by atoms with Crippen molar-refractivity contribution >= 4 is 57.7 Å². The van der Waals surface area contributed by atoms with Crippen molar-refractivity contribution in [3.63, 3.8) is 0 Å². The van der Waals surface area contributed by atoms with Crippen LogP contribution < -0.4 is 10.6 Å². The number of carbonyl (C=O) groups excluding carboxylic acids is 4. The molecule has 0 saturated carbocycles. The second-order valence-corrected chi connectivity index (χ2v) is 21.1. The molecule has 2 saturated heterocycles. The third kappa shape index (κ3) is 20.1. The number of fused-ring (bicyclic) bond motifs is 2. The third-order valence-electron chi connectivity index (χ3n) is 14.9. The number of ether oxygens (including phenoxy) is 4. The predicted molar refractivity (Wildman–Crippen MR) is 307 cm³/mol. The van der Waals surface area contributed by atoms with Crippen LogP contribution >= 0.6 is 0 Å². The number of halogens is 2. The molecule has 0 radical (unpaired) electrons. The molecule has 3 N–H and O–H groups in total. The summed E-state index contributed by atoms with van der Waals surface area (Å²) in [5.74, 6) is 3.52. The smallest absolute Gasteiger partial charge is 0.312 e. The molecule has 0 bridgehead atoms. The molecule has 0 unspecified atom stereocenters. The molecule has 2 aliphatic rings. The van der Waals surface area contributed by atoms with Gasteiger partial charge in [0.2, 0.25) is 11.8 Å². The molecule has 0 aliphatic carbocycles. The number of aromatic nitrogens is 8. The average molecular weight is 1130 g/mol. The Hall–Kier alpha value is -6.16. The molecule has 6 atom stereocenters. The van der Waals surface area contributed by atoms with Gasteiger partial charge in [-0.1, -0.05) is 182 Å². The van der Waals surface area contributed by atoms with E-state index < -0.39 is 47.9 Å². The number of nitrogens with zero attached hydrogens (tertiary/aromatic N) is 8. The molecule has 6 rings (SSSR count). The van der Waals surface area contributed by atoms with Crippen LogP contribution in [0.5, 0.6) is 0 Å². The van der Waals surface area contributed by atoms with Crippen LogP contribution in [-0.2, 0) is 38.1 Å². The van der Waals surface area contributed by atoms with Crippen molar-refractivity contribution < 1.29 is 52.0 Å². The molecule has 0 aromatic carbocycles. The van der Waals surface area contributed by atoms with Gasteiger partial charge in [-0.15, -0.1) is 12.8 Å². The molecule has 21 heteroatoms. The number of rotatable bonds is 34. The number of hydrogen-bond donors (Lipinski definition) is 3. The van der Waals surface area contributed by atoms with Crippen LogP contribution in [0.15, 0.2) is 12.7 Å². The number of aliphatic hydroxyl groups excluding tert-OH is 1. The lowest BCUT2D eigenvalue weighted by Crippen LogP contribution is -2.43. The summed E-state index contributed by atoms with van der Waals surface area (Å²) >= 11 is 0. The van der Waals surface area contributed by atoms with E-state index >= 15 is 0 Å². The Labute approximate surface area is 478 Å². The Morgan fingerprint density at radius 1 is 0.605 bits per heavy atom. The van der Waals surface area contributed by atoms with Gasteiger partial charge in [-0.2, -0.15) is 28.7 Å². The van der Waals surface area contributed by atoms with Crippen molar-refractivity contribution in [3.05, 3.63) is 24.8 Å². The number of esters is 2. The predicted octanol–water partition coefficient (Wildman–Crippen LogP) is 12.3. The topological polar surface area (TPSA) is 237 Å². The fourth-order valence-corrected chi connectivity index (χ4v) is 9.93. The van der Waals surface area contributed by atoms with E-state index in [2.05, 4.69) is 66.2 Å². The van der Waals surface area contributed by atoms with Crippen molar-refractivity contribution in [1.29, 1.82) is 0 Å². The fourth-order valence-electron chi connectivity index (χ4n) is 9.93. The van der Waals surface area contributed by atoms with Crippen LogP contribution in [0.25, 0.3) is 22.3 Å². The number of hydrogen-bond acceptors (Lipinski definition) is 15. The van der Waals surface area contributed by atoms with E-state index in [9.17, 15) is 33.1 Å². The molecule has 2 fully saturated rings. The van der Waals surface area contributed by atoms with E-state index in [1.165, 1.54) is 120 Å². The number of aliphatic hydroxyl groups is 1. The van der Waals surface area contributed by atoms with Gasteiger partial charge < -0.3 is 34.7 Å². The van der Waals surface area contributed by atoms with E-state index in [1.807, 2.05) is 6.92 Å². The molecule has 81 heavy (non-hydrogen) atoms. The van der Waals surface area contributed by atoms with E-state index in [0.717, 1.165) is 38.5 Å². The Morgan fingerprint density at radius 3 is 1.35 bits per heavy atom. The number of unbranched alkanes of at least 4 members (excludes halogenated alkanes) is 20. The quantitative estimate of drug-likeness (QED) is 0.0171. The normalized spacial score (nSPS) is 20.2. The summed E-state index contributed by atoms with van der Waals surface area (Å²) in [6, 6.07) is 0. The van der Waals surface area contributed by atoms with Crippen LogP contribution in [0, 0.1) is 42.8 Å². The number of nitrogens with one attached hydrogen (secondary N) is 2. The minimum atomic E-state index is -1.57. The zero-order chi connectivity index (χ0) is 57.9. The molecule has 2 amide bonds. The van der Waals surface area contributed by atoms with Crippen molar-refractivity contribution in [3.8, 4) is 24.7 Å². The van der Waals surface area contributed by atoms with Crippen molar-refractivity contribution in [2.45, 2.75) is 252 Å². The summed E-state index contributed by atoms with van der Waals surface area (Å²) < 4.78 is 54.3. The zero-order valence-electron chi connectivity index (χ0n) is 47.9. The number of anilines is 2. The Bertz CT molecular complexity index is 2510. The summed E-state index contributed by atoms with van der Waals surface area (Å²) in [5, 5.41) is 16.0. The van der Waals surface area contributed by atoms with E-state index in [0.29, 0.717) is 19.3 Å². The largest absolute Gasteiger partial charge is 0.462 e. The Morgan fingerprint density at radius 2 is 0.963 bits per heavy atom. The molecule has 4 aromatic rings. The van der Waals surface area contributed by atoms with Crippen LogP contribution in [0.2, 0.25) is 0 Å². The van der Waals surface area contributed by atoms with Crippen LogP contribution in [0.4, 0.5) is 20.4 Å². The van der Waals surface area contributed by atoms with Gasteiger partial charge in [0.1, 0.15) is 31.8 Å². The second kappa shape index (κ2) is 35.0. The van der Waals surface area contributed by atoms with Gasteiger partial charge in [0.15, 0.2) is 45.2 Å². The highest BCUT2D eigenvalue weighted by atomic mass is 19.1. The minimum Gasteiger partial charge on any atom is -0.462 e. The molecule has 448 valence electrons. The molecular weight excluding hydrogens is 1040 g/mol. The summed E-state index contributed by atoms with van der Waals surface area (Å²) in [4.78, 5) is 72.4. The van der Waals surface area contributed by atoms with Gasteiger partial charge in [0, 0.05) is 38.0 Å². The van der Waals surface area contributed by atoms with Gasteiger partial charge in [0.25, 0.3) is 0 Å². The van der Waals surface area contributed by atoms with Gasteiger partial charge in [-0.25, -0.2) is 9.97 Å². The molecule has 19 nitrogen and oxygen atoms in total. The maximum Gasteiger partial charge on any atom is 0.312 e. The summed E-state index contributed by atoms with van der Waals surface area (Å²) in [6.07, 6.45) is 37.3. The van der Waals surface area contributed by atoms with Gasteiger partial charge in [-0.3, -0.25) is 28.3 Å². The first-order valence-electron chi connectivity index (χ1n) is 29.4. The highest BCUT2D eigenvalue weighted by molar-refractivity contribution is 5.97. The maximum absolute atomic E-state index is 14.4. The number of imidazole rings is 2. The van der Waals surface area contributed by atoms with Gasteiger partial charge in [0.05, 0.1) is 12.7 Å². The molecule has 0 spiro atoms. The Balaban J connectivity index is 0.000000344. The van der Waals surface area contributed by atoms with Crippen LogP contribution in [0.1, 0.15) is 234 Å². The first kappa shape index (κ1) is 67.3. The van der Waals surface area contributed by atoms with Gasteiger partial charge >= 0.3 is 24.1 Å². The second-order valence-electron chi connectivity index (χ2n) is 21.1. The lowest BCUT2D eigenvalue weighted by molar-refractivity contribution is -0.156. The maximum atomic E-state index is 14.4. The standard InChI is InChI=1S/C30H44FN5O4.C29H42FN5O5.CH4/c1-5-8-9-10-11-12-13-14-15-16-17-18-23(37)33-27-26-28(35-29(31)34-27)36(21-32-26)24-19-22(4)30(7-3,40-24)20-39-25(38)6-2;1-4-7-8-9-10-11-12-13-14-15-16-17-22(37)32-26-25-27(34-28(30)33-26)35(20-31-25)23-18-21(36)29(6-3,40-23)19-39-24(38)5-2;/h3,21-22,24H,5-6,8-20H2,1-2,4H3,(H,33,34,35,37);3,20-21,23,36H,4-5,7-19H2,1-2H3,(H,32,33,34,37);1H4/t22-,24+,30+;21-,23+,29+;/m00./s1. The van der Waals surface area contributed by atoms with E-state index in [4.69, 9.17) is 31.8 Å². The first-order valence-corrected chi connectivity index (χ1v) is 29.4. The molecule has 4 aromatic heterocycles. The summed E-state index contributed by atoms with van der Waals surface area (Å²) in [7, 11) is 0. The van der Waals surface area contributed by atoms with Crippen LogP contribution in [-0.4, -0.2) is 98.4 Å². The summed E-state index contributed by atoms with van der Waals surface area (Å²) in [5.41, 5.74) is -1.98. The first-order chi connectivity index (χ1) is 38.7. The van der Waals surface area contributed by atoms with Crippen molar-refractivity contribution in [2.75, 3.05) is 23.8 Å². The van der Waals surface area contributed by atoms with Crippen LogP contribution in [0.3, 0.4) is 0 Å². The van der Waals surface area contributed by atoms with Crippen molar-refractivity contribution in [1.82, 2.24) is 39.0 Å². The highest BCUT2D eigenvalue weighted by Crippen LogP contribution is 2.43. The Kier molecular flexibility index (Phi) is 29.1. The lowest BCUT2D eigenvalue weighted by Gasteiger charge is -2.27. The number of amides is 2. The zero-order valence-corrected chi connectivity index (χ0v) is 47.9. The van der Waals surface area contributed by atoms with Gasteiger partial charge in [-0.05, 0) is 19.3 Å². The number of terminal acetylenes is 2. The van der Waals surface area contributed by atoms with E-state index in [1.54, 1.807) is 18.4 Å². The lowest BCUT2D eigenvalue weighted by atomic mass is 9.90. The average Bonchev–Trinajstić information content (AvgIpc) is 4.45. The molecular formula is C60H90F2N10O9. The SMILES string of the molecule is C.C#C[C@]1(COC(=O)CC)O[C@@H](n2cnc3c(NC(=O)CCCCCCCCCCCCC)nc(F)nc32)C[C@@H]1C.C#C[C@]1(COC(=O)CC)O[C@@H](n2cnc3c(NC(=O)CCCCCCCCCCCCC)nc(F)nc32)C[C@@H]1O. The highest BCUT2D eigenvalue weighted by Gasteiger charge is 2.50. The number of carbonyl (C=O) groups is 4.